The average molecular weight is 748 g/mol. The summed E-state index contributed by atoms with van der Waals surface area (Å²) in [5.74, 6) is -8.73. The number of methoxy groups -OCH3 is 1. The second-order valence-corrected chi connectivity index (χ2v) is 14.0. The number of alkyl halides is 3. The summed E-state index contributed by atoms with van der Waals surface area (Å²) in [4.78, 5) is 61.7. The zero-order valence-corrected chi connectivity index (χ0v) is 28.6. The predicted octanol–water partition coefficient (Wildman–Crippen LogP) is 6.54. The number of rotatable bonds is 5. The Balaban J connectivity index is 1.33. The van der Waals surface area contributed by atoms with Gasteiger partial charge in [-0.05, 0) is 73.7 Å². The molecule has 51 heavy (non-hydrogen) atoms. The van der Waals surface area contributed by atoms with E-state index in [0.717, 1.165) is 27.1 Å². The lowest BCUT2D eigenvalue weighted by Gasteiger charge is -2.49. The molecule has 4 amide bonds. The van der Waals surface area contributed by atoms with E-state index in [1.807, 2.05) is 0 Å². The molecule has 2 saturated heterocycles. The van der Waals surface area contributed by atoms with Crippen molar-refractivity contribution in [1.82, 2.24) is 9.99 Å². The minimum absolute atomic E-state index is 0.0357. The number of benzene rings is 2. The van der Waals surface area contributed by atoms with Gasteiger partial charge in [-0.3, -0.25) is 24.2 Å². The van der Waals surface area contributed by atoms with E-state index in [0.29, 0.717) is 17.2 Å². The maximum absolute atomic E-state index is 14.5. The summed E-state index contributed by atoms with van der Waals surface area (Å²) in [6.07, 6.45) is -3.08. The van der Waals surface area contributed by atoms with E-state index < -0.39 is 82.1 Å². The molecular formula is C35H28Cl2F4N4O6. The molecule has 16 heteroatoms. The molecule has 0 unspecified atom stereocenters. The van der Waals surface area contributed by atoms with Gasteiger partial charge in [-0.15, -0.1) is 0 Å². The van der Waals surface area contributed by atoms with E-state index in [2.05, 4.69) is 4.98 Å². The van der Waals surface area contributed by atoms with E-state index in [1.54, 1.807) is 19.1 Å². The van der Waals surface area contributed by atoms with Crippen LogP contribution in [0, 0.1) is 34.9 Å². The van der Waals surface area contributed by atoms with Crippen molar-refractivity contribution in [1.29, 1.82) is 0 Å². The fourth-order valence-corrected chi connectivity index (χ4v) is 8.74. The highest BCUT2D eigenvalue weighted by atomic mass is 35.5. The van der Waals surface area contributed by atoms with Crippen LogP contribution in [0.2, 0.25) is 10.0 Å². The molecule has 3 fully saturated rings. The molecule has 2 aromatic carbocycles. The summed E-state index contributed by atoms with van der Waals surface area (Å²) in [6, 6.07) is 9.68. The lowest BCUT2D eigenvalue weighted by Crippen LogP contribution is -2.49. The number of amides is 4. The summed E-state index contributed by atoms with van der Waals surface area (Å²) < 4.78 is 60.0. The highest BCUT2D eigenvalue weighted by Gasteiger charge is 2.68. The molecule has 1 saturated carbocycles. The number of allylic oxidation sites excluding steroid dienone is 2. The minimum Gasteiger partial charge on any atom is -0.504 e. The van der Waals surface area contributed by atoms with Crippen LogP contribution in [0.25, 0.3) is 0 Å². The van der Waals surface area contributed by atoms with Crippen molar-refractivity contribution in [3.8, 4) is 11.5 Å². The van der Waals surface area contributed by atoms with Crippen molar-refractivity contribution in [2.75, 3.05) is 24.1 Å². The molecule has 7 rings (SSSR count). The number of imide groups is 2. The third-order valence-corrected chi connectivity index (χ3v) is 11.3. The maximum Gasteiger partial charge on any atom is 0.433 e. The van der Waals surface area contributed by atoms with Crippen LogP contribution in [-0.4, -0.2) is 52.9 Å². The number of phenolic OH excluding ortho intramolecular Hbond substituents is 1. The highest BCUT2D eigenvalue weighted by Crippen LogP contribution is 2.64. The number of hydrazine groups is 1. The molecule has 3 heterocycles. The smallest absolute Gasteiger partial charge is 0.433 e. The second kappa shape index (κ2) is 11.9. The van der Waals surface area contributed by atoms with Gasteiger partial charge in [0.1, 0.15) is 11.5 Å². The number of carbonyl (C=O) groups excluding carboxylic acids is 4. The number of aromatic hydroxyl groups is 1. The number of aromatic nitrogens is 1. The lowest BCUT2D eigenvalue weighted by molar-refractivity contribution is -0.141. The molecule has 6 atom stereocenters. The third-order valence-electron chi connectivity index (χ3n) is 10.7. The molecule has 1 N–H and O–H groups in total. The number of nitrogens with zero attached hydrogens (tertiary/aromatic N) is 4. The zero-order chi connectivity index (χ0) is 36.9. The lowest BCUT2D eigenvalue weighted by atomic mass is 9.51. The van der Waals surface area contributed by atoms with Crippen LogP contribution in [0.5, 0.6) is 11.5 Å². The Labute approximate surface area is 298 Å². The van der Waals surface area contributed by atoms with E-state index in [4.69, 9.17) is 27.9 Å². The van der Waals surface area contributed by atoms with Gasteiger partial charge < -0.3 is 9.84 Å². The number of phenols is 1. The van der Waals surface area contributed by atoms with Gasteiger partial charge in [-0.1, -0.05) is 40.9 Å². The van der Waals surface area contributed by atoms with E-state index in [9.17, 15) is 41.8 Å². The molecule has 10 nitrogen and oxygen atoms in total. The van der Waals surface area contributed by atoms with Gasteiger partial charge in [0.05, 0.1) is 46.0 Å². The van der Waals surface area contributed by atoms with Crippen molar-refractivity contribution in [2.45, 2.75) is 31.9 Å². The first-order valence-electron chi connectivity index (χ1n) is 15.8. The quantitative estimate of drug-likeness (QED) is 0.178. The normalized spacial score (nSPS) is 27.3. The summed E-state index contributed by atoms with van der Waals surface area (Å²) in [5.41, 5.74) is -1.70. The van der Waals surface area contributed by atoms with Crippen molar-refractivity contribution >= 4 is 58.3 Å². The maximum atomic E-state index is 14.5. The Morgan fingerprint density at radius 2 is 1.71 bits per heavy atom. The standard InChI is InChI=1S/C35H28Cl2F4N4O6/c1-34-20(31(48)44(33(34)50)16-5-9-23(38)22(37)13-16)14-19-17(28(34)15-4-10-25(51-3)24(46)12-15)6-7-18-27(19)32(49)45(30(18)47)43(2)29-21(36)8-11-26(42-29)35(39,40)41/h4-6,8-13,18-20,27-28,46H,7,14H2,1-3H3/t18-,19+,20-,27-,28-,34+/m0/s1. The van der Waals surface area contributed by atoms with Gasteiger partial charge >= 0.3 is 6.18 Å². The number of ether oxygens (including phenoxy) is 1. The number of hydrogen-bond acceptors (Lipinski definition) is 8. The van der Waals surface area contributed by atoms with E-state index >= 15 is 0 Å². The fraction of sp³-hybridized carbons (Fsp3) is 0.343. The summed E-state index contributed by atoms with van der Waals surface area (Å²) in [6.45, 7) is 1.63. The minimum atomic E-state index is -4.83. The van der Waals surface area contributed by atoms with Crippen molar-refractivity contribution in [2.24, 2.45) is 29.1 Å². The van der Waals surface area contributed by atoms with Crippen molar-refractivity contribution < 1.29 is 46.6 Å². The average Bonchev–Trinajstić information content (AvgIpc) is 3.44. The molecule has 0 bridgehead atoms. The van der Waals surface area contributed by atoms with Crippen LogP contribution >= 0.6 is 23.2 Å². The monoisotopic (exact) mass is 746 g/mol. The number of halogens is 6. The van der Waals surface area contributed by atoms with Crippen LogP contribution in [0.1, 0.15) is 36.9 Å². The van der Waals surface area contributed by atoms with Gasteiger partial charge in [-0.25, -0.2) is 14.3 Å². The fourth-order valence-electron chi connectivity index (χ4n) is 8.34. The number of carbonyl (C=O) groups is 4. The third kappa shape index (κ3) is 5.08. The van der Waals surface area contributed by atoms with Crippen LogP contribution in [0.3, 0.4) is 0 Å². The summed E-state index contributed by atoms with van der Waals surface area (Å²) >= 11 is 12.3. The molecule has 0 radical (unpaired) electrons. The Morgan fingerprint density at radius 3 is 2.35 bits per heavy atom. The van der Waals surface area contributed by atoms with Gasteiger partial charge in [0.25, 0.3) is 11.8 Å². The SMILES string of the molecule is COc1ccc([C@H]2C3=CC[C@@H]4C(=O)N(N(C)c5nc(C(F)(F)F)ccc5Cl)C(=O)[C@@H]4[C@@H]3C[C@H]3C(=O)N(c4ccc(F)c(Cl)c4)C(=O)[C@@]23C)cc1O. The molecule has 1 aromatic heterocycles. The van der Waals surface area contributed by atoms with Crippen molar-refractivity contribution in [3.05, 3.63) is 87.3 Å². The largest absolute Gasteiger partial charge is 0.504 e. The van der Waals surface area contributed by atoms with Crippen LogP contribution in [-0.2, 0) is 25.4 Å². The van der Waals surface area contributed by atoms with Crippen LogP contribution in [0.15, 0.2) is 60.2 Å². The van der Waals surface area contributed by atoms with Crippen LogP contribution in [0.4, 0.5) is 29.1 Å². The number of pyridine rings is 1. The summed E-state index contributed by atoms with van der Waals surface area (Å²) in [7, 11) is 2.58. The molecule has 2 aliphatic heterocycles. The molecule has 266 valence electrons. The van der Waals surface area contributed by atoms with Gasteiger partial charge in [-0.2, -0.15) is 18.2 Å². The Bertz CT molecular complexity index is 2080. The first kappa shape index (κ1) is 34.7. The predicted molar refractivity (Wildman–Crippen MR) is 175 cm³/mol. The van der Waals surface area contributed by atoms with Gasteiger partial charge in [0, 0.05) is 13.0 Å². The number of fused-ring (bicyclic) bond motifs is 4. The molecule has 4 aliphatic rings. The Hall–Kier alpha value is -4.69. The number of anilines is 2. The van der Waals surface area contributed by atoms with Gasteiger partial charge in [0.2, 0.25) is 11.8 Å². The zero-order valence-electron chi connectivity index (χ0n) is 27.0. The second-order valence-electron chi connectivity index (χ2n) is 13.2. The molecule has 3 aromatic rings. The van der Waals surface area contributed by atoms with Gasteiger partial charge in [0.15, 0.2) is 17.3 Å². The van der Waals surface area contributed by atoms with Crippen LogP contribution < -0.4 is 14.6 Å². The number of hydrogen-bond donors (Lipinski definition) is 1. The van der Waals surface area contributed by atoms with E-state index in [1.165, 1.54) is 38.4 Å². The Kier molecular flexibility index (Phi) is 8.14. The molecular weight excluding hydrogens is 719 g/mol. The highest BCUT2D eigenvalue weighted by molar-refractivity contribution is 6.33. The molecule has 0 spiro atoms. The molecule has 2 aliphatic carbocycles. The topological polar surface area (TPSA) is 120 Å². The van der Waals surface area contributed by atoms with Crippen molar-refractivity contribution in [3.63, 3.8) is 0 Å². The Morgan fingerprint density at radius 1 is 0.980 bits per heavy atom. The first-order valence-corrected chi connectivity index (χ1v) is 16.5. The van der Waals surface area contributed by atoms with E-state index in [-0.39, 0.29) is 40.1 Å². The summed E-state index contributed by atoms with van der Waals surface area (Å²) in [5, 5.41) is 11.9. The first-order chi connectivity index (χ1) is 24.0.